The summed E-state index contributed by atoms with van der Waals surface area (Å²) in [7, 11) is 0. The van der Waals surface area contributed by atoms with Crippen molar-refractivity contribution >= 4 is 39.9 Å². The Morgan fingerprint density at radius 1 is 1.48 bits per heavy atom. The van der Waals surface area contributed by atoms with Crippen molar-refractivity contribution in [2.45, 2.75) is 6.61 Å². The highest BCUT2D eigenvalue weighted by atomic mass is 127. The Bertz CT molecular complexity index is 746. The molecule has 0 N–H and O–H groups in total. The predicted octanol–water partition coefficient (Wildman–Crippen LogP) is 3.70. The van der Waals surface area contributed by atoms with Crippen LogP contribution in [0.3, 0.4) is 0 Å². The second-order valence-electron chi connectivity index (χ2n) is 3.93. The van der Waals surface area contributed by atoms with E-state index in [4.69, 9.17) is 21.6 Å². The fraction of sp³-hybridized carbons (Fsp3) is 0.0769. The molecule has 6 nitrogen and oxygen atoms in total. The average molecular weight is 416 g/mol. The SMILES string of the molecule is N#Cc1cc(I)c(OCc2cc(Cl)ccn2)c([N+](=O)[O-])c1. The van der Waals surface area contributed by atoms with Crippen LogP contribution in [-0.4, -0.2) is 9.91 Å². The molecule has 0 aliphatic heterocycles. The van der Waals surface area contributed by atoms with Gasteiger partial charge in [0.15, 0.2) is 0 Å². The highest BCUT2D eigenvalue weighted by molar-refractivity contribution is 14.1. The third-order valence-corrected chi connectivity index (χ3v) is 3.53. The zero-order valence-corrected chi connectivity index (χ0v) is 13.3. The van der Waals surface area contributed by atoms with Crippen molar-refractivity contribution < 1.29 is 9.66 Å². The van der Waals surface area contributed by atoms with Crippen molar-refractivity contribution in [2.24, 2.45) is 0 Å². The fourth-order valence-electron chi connectivity index (χ4n) is 1.60. The summed E-state index contributed by atoms with van der Waals surface area (Å²) in [5.74, 6) is 0.112. The first-order chi connectivity index (χ1) is 10.0. The van der Waals surface area contributed by atoms with Crippen LogP contribution in [0.5, 0.6) is 5.75 Å². The molecule has 0 unspecified atom stereocenters. The van der Waals surface area contributed by atoms with Gasteiger partial charge in [0.25, 0.3) is 0 Å². The van der Waals surface area contributed by atoms with Gasteiger partial charge in [-0.25, -0.2) is 0 Å². The molecule has 21 heavy (non-hydrogen) atoms. The molecule has 0 aliphatic carbocycles. The van der Waals surface area contributed by atoms with Gasteiger partial charge in [0.2, 0.25) is 5.75 Å². The van der Waals surface area contributed by atoms with Crippen LogP contribution in [0.2, 0.25) is 5.02 Å². The number of rotatable bonds is 4. The van der Waals surface area contributed by atoms with Gasteiger partial charge in [-0.1, -0.05) is 11.6 Å². The van der Waals surface area contributed by atoms with Crippen molar-refractivity contribution in [1.82, 2.24) is 4.98 Å². The van der Waals surface area contributed by atoms with E-state index in [9.17, 15) is 10.1 Å². The van der Waals surface area contributed by atoms with Gasteiger partial charge in [-0.3, -0.25) is 15.1 Å². The summed E-state index contributed by atoms with van der Waals surface area (Å²) in [5, 5.41) is 20.4. The van der Waals surface area contributed by atoms with Crippen LogP contribution >= 0.6 is 34.2 Å². The molecule has 0 aliphatic rings. The van der Waals surface area contributed by atoms with Crippen molar-refractivity contribution in [3.8, 4) is 11.8 Å². The topological polar surface area (TPSA) is 89.0 Å². The second kappa shape index (κ2) is 6.69. The summed E-state index contributed by atoms with van der Waals surface area (Å²) in [6.07, 6.45) is 1.53. The fourth-order valence-corrected chi connectivity index (χ4v) is 2.55. The van der Waals surface area contributed by atoms with E-state index < -0.39 is 4.92 Å². The summed E-state index contributed by atoms with van der Waals surface area (Å²) in [6.45, 7) is 0.0449. The number of nitro benzene ring substituents is 1. The Hall–Kier alpha value is -1.92. The minimum atomic E-state index is -0.580. The number of pyridine rings is 1. The van der Waals surface area contributed by atoms with E-state index in [1.54, 1.807) is 12.1 Å². The minimum Gasteiger partial charge on any atom is -0.480 e. The van der Waals surface area contributed by atoms with Gasteiger partial charge in [-0.2, -0.15) is 5.26 Å². The first-order valence-electron chi connectivity index (χ1n) is 5.62. The lowest BCUT2D eigenvalue weighted by Crippen LogP contribution is -2.03. The first-order valence-corrected chi connectivity index (χ1v) is 7.08. The van der Waals surface area contributed by atoms with E-state index in [1.165, 1.54) is 18.3 Å². The van der Waals surface area contributed by atoms with Crippen LogP contribution in [0.1, 0.15) is 11.3 Å². The molecule has 0 amide bonds. The summed E-state index contributed by atoms with van der Waals surface area (Å²) in [4.78, 5) is 14.6. The number of halogens is 2. The normalized spacial score (nSPS) is 9.95. The molecule has 0 bridgehead atoms. The van der Waals surface area contributed by atoms with Gasteiger partial charge in [-0.15, -0.1) is 0 Å². The first kappa shape index (κ1) is 15.5. The van der Waals surface area contributed by atoms with E-state index >= 15 is 0 Å². The molecular formula is C13H7ClIN3O3. The number of hydrogen-bond donors (Lipinski definition) is 0. The average Bonchev–Trinajstić information content (AvgIpc) is 2.45. The zero-order chi connectivity index (χ0) is 15.4. The highest BCUT2D eigenvalue weighted by Gasteiger charge is 2.20. The van der Waals surface area contributed by atoms with Gasteiger partial charge in [0, 0.05) is 17.3 Å². The number of hydrogen-bond acceptors (Lipinski definition) is 5. The van der Waals surface area contributed by atoms with Crippen LogP contribution in [0.25, 0.3) is 0 Å². The number of nitrogens with zero attached hydrogens (tertiary/aromatic N) is 3. The van der Waals surface area contributed by atoms with E-state index in [-0.39, 0.29) is 23.6 Å². The van der Waals surface area contributed by atoms with Gasteiger partial charge >= 0.3 is 5.69 Å². The molecule has 0 spiro atoms. The van der Waals surface area contributed by atoms with Crippen LogP contribution in [0, 0.1) is 25.0 Å². The predicted molar refractivity (Wildman–Crippen MR) is 84.1 cm³/mol. The molecule has 0 saturated carbocycles. The maximum atomic E-state index is 11.1. The lowest BCUT2D eigenvalue weighted by atomic mass is 10.2. The quantitative estimate of drug-likeness (QED) is 0.431. The second-order valence-corrected chi connectivity index (χ2v) is 5.53. The Morgan fingerprint density at radius 3 is 2.86 bits per heavy atom. The van der Waals surface area contributed by atoms with Crippen LogP contribution < -0.4 is 4.74 Å². The number of aromatic nitrogens is 1. The Labute approximate surface area is 138 Å². The van der Waals surface area contributed by atoms with Crippen molar-refractivity contribution in [3.05, 3.63) is 60.4 Å². The molecule has 0 radical (unpaired) electrons. The number of nitro groups is 1. The molecule has 8 heteroatoms. The van der Waals surface area contributed by atoms with E-state index in [2.05, 4.69) is 4.98 Å². The molecule has 0 fully saturated rings. The standard InChI is InChI=1S/C13H7ClIN3O3/c14-9-1-2-17-10(5-9)7-21-13-11(15)3-8(6-16)4-12(13)18(19)20/h1-5H,7H2. The van der Waals surface area contributed by atoms with Crippen LogP contribution in [0.15, 0.2) is 30.5 Å². The number of nitriles is 1. The Balaban J connectivity index is 2.31. The lowest BCUT2D eigenvalue weighted by Gasteiger charge is -2.09. The van der Waals surface area contributed by atoms with Crippen molar-refractivity contribution in [1.29, 1.82) is 5.26 Å². The summed E-state index contributed by atoms with van der Waals surface area (Å²) < 4.78 is 5.98. The molecule has 2 rings (SSSR count). The Morgan fingerprint density at radius 2 is 2.24 bits per heavy atom. The molecule has 0 atom stereocenters. The molecule has 1 aromatic carbocycles. The van der Waals surface area contributed by atoms with Crippen molar-refractivity contribution in [3.63, 3.8) is 0 Å². The molecule has 0 saturated heterocycles. The van der Waals surface area contributed by atoms with Crippen LogP contribution in [0.4, 0.5) is 5.69 Å². The van der Waals surface area contributed by atoms with Gasteiger partial charge in [0.1, 0.15) is 6.61 Å². The smallest absolute Gasteiger partial charge is 0.313 e. The molecule has 106 valence electrons. The maximum Gasteiger partial charge on any atom is 0.313 e. The van der Waals surface area contributed by atoms with Crippen LogP contribution in [-0.2, 0) is 6.61 Å². The third-order valence-electron chi connectivity index (χ3n) is 2.49. The Kier molecular flexibility index (Phi) is 4.93. The van der Waals surface area contributed by atoms with E-state index in [0.717, 1.165) is 0 Å². The van der Waals surface area contributed by atoms with Crippen molar-refractivity contribution in [2.75, 3.05) is 0 Å². The summed E-state index contributed by atoms with van der Waals surface area (Å²) >= 11 is 7.73. The molecule has 2 aromatic rings. The van der Waals surface area contributed by atoms with Gasteiger partial charge in [-0.05, 0) is 40.8 Å². The van der Waals surface area contributed by atoms with E-state index in [0.29, 0.717) is 14.3 Å². The lowest BCUT2D eigenvalue weighted by molar-refractivity contribution is -0.386. The third kappa shape index (κ3) is 3.80. The molecule has 1 aromatic heterocycles. The number of benzene rings is 1. The molecule has 1 heterocycles. The summed E-state index contributed by atoms with van der Waals surface area (Å²) in [6, 6.07) is 7.82. The maximum absolute atomic E-state index is 11.1. The summed E-state index contributed by atoms with van der Waals surface area (Å²) in [5.41, 5.74) is 0.511. The van der Waals surface area contributed by atoms with Gasteiger partial charge in [0.05, 0.1) is 25.8 Å². The largest absolute Gasteiger partial charge is 0.480 e. The zero-order valence-electron chi connectivity index (χ0n) is 10.4. The monoisotopic (exact) mass is 415 g/mol. The van der Waals surface area contributed by atoms with Gasteiger partial charge < -0.3 is 4.74 Å². The van der Waals surface area contributed by atoms with E-state index in [1.807, 2.05) is 28.7 Å². The number of ether oxygens (including phenoxy) is 1. The highest BCUT2D eigenvalue weighted by Crippen LogP contribution is 2.34. The minimum absolute atomic E-state index is 0.0449. The molecular weight excluding hydrogens is 409 g/mol.